The highest BCUT2D eigenvalue weighted by molar-refractivity contribution is 7.59. The van der Waals surface area contributed by atoms with E-state index in [1.54, 1.807) is 32.4 Å². The molecule has 1 aromatic rings. The lowest BCUT2D eigenvalue weighted by atomic mass is 10.2. The summed E-state index contributed by atoms with van der Waals surface area (Å²) in [6.07, 6.45) is 0. The number of ether oxygens (including phenoxy) is 2. The Morgan fingerprint density at radius 2 is 2.13 bits per heavy atom. The molecule has 0 unspecified atom stereocenters. The van der Waals surface area contributed by atoms with Gasteiger partial charge in [0, 0.05) is 6.07 Å². The summed E-state index contributed by atoms with van der Waals surface area (Å²) >= 11 is 3.12. The molecule has 0 saturated carbocycles. The molecule has 0 aliphatic heterocycles. The minimum absolute atomic E-state index is 0.141. The molecule has 15 heavy (non-hydrogen) atoms. The molecule has 5 heteroatoms. The van der Waals surface area contributed by atoms with Gasteiger partial charge in [0.05, 0.1) is 19.9 Å². The van der Waals surface area contributed by atoms with E-state index >= 15 is 0 Å². The molecule has 0 radical (unpaired) electrons. The topological polar surface area (TPSA) is 47.6 Å². The first-order valence-corrected chi connectivity index (χ1v) is 5.08. The third-order valence-corrected chi connectivity index (χ3v) is 2.16. The third-order valence-electron chi connectivity index (χ3n) is 1.84. The SMILES string of the molecule is COc1ccc(OC)c(NC(=O)C[SH2+])c1. The fourth-order valence-electron chi connectivity index (χ4n) is 1.11. The van der Waals surface area contributed by atoms with Crippen molar-refractivity contribution < 1.29 is 14.3 Å². The van der Waals surface area contributed by atoms with E-state index in [4.69, 9.17) is 9.47 Å². The van der Waals surface area contributed by atoms with Crippen molar-refractivity contribution in [3.8, 4) is 11.5 Å². The van der Waals surface area contributed by atoms with Crippen LogP contribution < -0.4 is 14.8 Å². The zero-order chi connectivity index (χ0) is 11.3. The van der Waals surface area contributed by atoms with Crippen LogP contribution in [0.4, 0.5) is 5.69 Å². The predicted octanol–water partition coefficient (Wildman–Crippen LogP) is 0.654. The minimum Gasteiger partial charge on any atom is -0.497 e. The van der Waals surface area contributed by atoms with Gasteiger partial charge in [0.15, 0.2) is 5.75 Å². The molecule has 1 N–H and O–H groups in total. The van der Waals surface area contributed by atoms with E-state index in [0.717, 1.165) is 0 Å². The van der Waals surface area contributed by atoms with Crippen molar-refractivity contribution in [1.82, 2.24) is 0 Å². The van der Waals surface area contributed by atoms with Crippen LogP contribution in [0.2, 0.25) is 0 Å². The van der Waals surface area contributed by atoms with Crippen molar-refractivity contribution in [3.63, 3.8) is 0 Å². The second-order valence-corrected chi connectivity index (χ2v) is 3.14. The summed E-state index contributed by atoms with van der Waals surface area (Å²) in [5.41, 5.74) is 0.597. The maximum atomic E-state index is 11.2. The monoisotopic (exact) mass is 228 g/mol. The van der Waals surface area contributed by atoms with Gasteiger partial charge in [-0.25, -0.2) is 0 Å². The van der Waals surface area contributed by atoms with Gasteiger partial charge >= 0.3 is 0 Å². The molecule has 0 bridgehead atoms. The highest BCUT2D eigenvalue weighted by atomic mass is 32.1. The molecule has 0 aliphatic rings. The Balaban J connectivity index is 2.95. The molecule has 0 aliphatic carbocycles. The van der Waals surface area contributed by atoms with Crippen molar-refractivity contribution in [1.29, 1.82) is 0 Å². The first kappa shape index (κ1) is 11.7. The smallest absolute Gasteiger partial charge is 0.274 e. The summed E-state index contributed by atoms with van der Waals surface area (Å²) in [5.74, 6) is 1.36. The lowest BCUT2D eigenvalue weighted by Gasteiger charge is -2.10. The average molecular weight is 228 g/mol. The van der Waals surface area contributed by atoms with E-state index in [-0.39, 0.29) is 11.7 Å². The second kappa shape index (κ2) is 5.50. The van der Waals surface area contributed by atoms with Gasteiger partial charge in [-0.3, -0.25) is 4.79 Å². The second-order valence-electron chi connectivity index (χ2n) is 2.79. The summed E-state index contributed by atoms with van der Waals surface area (Å²) in [7, 11) is 3.11. The summed E-state index contributed by atoms with van der Waals surface area (Å²) < 4.78 is 10.2. The van der Waals surface area contributed by atoms with Crippen LogP contribution >= 0.6 is 0 Å². The van der Waals surface area contributed by atoms with E-state index in [2.05, 4.69) is 17.9 Å². The lowest BCUT2D eigenvalue weighted by molar-refractivity contribution is -0.113. The van der Waals surface area contributed by atoms with Crippen LogP contribution in [0, 0.1) is 0 Å². The highest BCUT2D eigenvalue weighted by Crippen LogP contribution is 2.28. The van der Waals surface area contributed by atoms with Crippen molar-refractivity contribution in [3.05, 3.63) is 18.2 Å². The van der Waals surface area contributed by atoms with Gasteiger partial charge < -0.3 is 14.8 Å². The molecule has 1 rings (SSSR count). The van der Waals surface area contributed by atoms with Gasteiger partial charge in [-0.1, -0.05) is 0 Å². The van der Waals surface area contributed by atoms with E-state index in [1.807, 2.05) is 0 Å². The molecule has 0 saturated heterocycles. The molecule has 4 nitrogen and oxygen atoms in total. The third kappa shape index (κ3) is 3.06. The first-order chi connectivity index (χ1) is 7.21. The molecule has 0 heterocycles. The van der Waals surface area contributed by atoms with Gasteiger partial charge in [0.2, 0.25) is 0 Å². The quantitative estimate of drug-likeness (QED) is 0.770. The van der Waals surface area contributed by atoms with E-state index < -0.39 is 0 Å². The lowest BCUT2D eigenvalue weighted by Crippen LogP contribution is -2.14. The highest BCUT2D eigenvalue weighted by Gasteiger charge is 2.08. The van der Waals surface area contributed by atoms with Crippen LogP contribution in [-0.2, 0) is 17.4 Å². The molecular weight excluding hydrogens is 214 g/mol. The van der Waals surface area contributed by atoms with Crippen LogP contribution in [0.3, 0.4) is 0 Å². The number of amides is 1. The molecular formula is C10H14NO3S+. The number of nitrogens with one attached hydrogen (secondary N) is 1. The van der Waals surface area contributed by atoms with E-state index in [0.29, 0.717) is 17.2 Å². The van der Waals surface area contributed by atoms with Crippen LogP contribution in [0.1, 0.15) is 0 Å². The maximum Gasteiger partial charge on any atom is 0.274 e. The standard InChI is InChI=1S/C10H13NO3S/c1-13-7-3-4-9(14-2)8(5-7)11-10(12)6-15/h3-5,15H,6H2,1-2H3,(H,11,12)/p+1. The number of methoxy groups -OCH3 is 2. The summed E-state index contributed by atoms with van der Waals surface area (Å²) in [6.45, 7) is 0. The van der Waals surface area contributed by atoms with Crippen LogP contribution in [-0.4, -0.2) is 25.9 Å². The Morgan fingerprint density at radius 1 is 1.40 bits per heavy atom. The largest absolute Gasteiger partial charge is 0.497 e. The zero-order valence-corrected chi connectivity index (χ0v) is 9.66. The summed E-state index contributed by atoms with van der Waals surface area (Å²) in [6, 6.07) is 5.21. The van der Waals surface area contributed by atoms with Crippen molar-refractivity contribution in [2.24, 2.45) is 0 Å². The van der Waals surface area contributed by atoms with Gasteiger partial charge in [0.1, 0.15) is 11.5 Å². The minimum atomic E-state index is -0.141. The number of hydrogen-bond donors (Lipinski definition) is 1. The normalized spacial score (nSPS) is 9.53. The Hall–Kier alpha value is -1.36. The number of anilines is 1. The van der Waals surface area contributed by atoms with Crippen molar-refractivity contribution >= 4 is 24.2 Å². The number of rotatable bonds is 4. The Labute approximate surface area is 94.0 Å². The fourth-order valence-corrected chi connectivity index (χ4v) is 1.19. The average Bonchev–Trinajstić information content (AvgIpc) is 2.28. The molecule has 0 atom stereocenters. The molecule has 0 aromatic heterocycles. The van der Waals surface area contributed by atoms with Gasteiger partial charge in [0.25, 0.3) is 5.91 Å². The van der Waals surface area contributed by atoms with Gasteiger partial charge in [-0.15, -0.1) is 0 Å². The fraction of sp³-hybridized carbons (Fsp3) is 0.300. The van der Waals surface area contributed by atoms with E-state index in [9.17, 15) is 4.79 Å². The molecule has 0 fully saturated rings. The van der Waals surface area contributed by atoms with Crippen molar-refractivity contribution in [2.75, 3.05) is 25.3 Å². The number of carbonyl (C=O) groups is 1. The Morgan fingerprint density at radius 3 is 2.67 bits per heavy atom. The summed E-state index contributed by atoms with van der Waals surface area (Å²) in [4.78, 5) is 11.2. The number of carbonyl (C=O) groups excluding carboxylic acids is 1. The number of benzene rings is 1. The zero-order valence-electron chi connectivity index (χ0n) is 8.66. The molecule has 82 valence electrons. The molecule has 1 aromatic carbocycles. The Kier molecular flexibility index (Phi) is 4.30. The van der Waals surface area contributed by atoms with Crippen LogP contribution in [0.5, 0.6) is 11.5 Å². The van der Waals surface area contributed by atoms with Crippen LogP contribution in [0.15, 0.2) is 18.2 Å². The number of hydrogen-bond acceptors (Lipinski definition) is 3. The van der Waals surface area contributed by atoms with Gasteiger partial charge in [-0.05, 0) is 24.8 Å². The predicted molar refractivity (Wildman–Crippen MR) is 63.2 cm³/mol. The molecule has 0 spiro atoms. The Bertz CT molecular complexity index is 355. The molecule has 1 amide bonds. The summed E-state index contributed by atoms with van der Waals surface area (Å²) in [5, 5.41) is 2.69. The van der Waals surface area contributed by atoms with E-state index in [1.165, 1.54) is 0 Å². The van der Waals surface area contributed by atoms with Crippen LogP contribution in [0.25, 0.3) is 0 Å². The maximum absolute atomic E-state index is 11.2. The first-order valence-electron chi connectivity index (χ1n) is 4.37. The van der Waals surface area contributed by atoms with Gasteiger partial charge in [-0.2, -0.15) is 0 Å². The van der Waals surface area contributed by atoms with Crippen molar-refractivity contribution in [2.45, 2.75) is 0 Å².